The highest BCUT2D eigenvalue weighted by atomic mass is 35.5. The quantitative estimate of drug-likeness (QED) is 0.785. The van der Waals surface area contributed by atoms with Crippen LogP contribution in [0.25, 0.3) is 0 Å². The van der Waals surface area contributed by atoms with Crippen molar-refractivity contribution in [2.75, 3.05) is 5.32 Å². The van der Waals surface area contributed by atoms with Crippen LogP contribution in [0, 0.1) is 0 Å². The lowest BCUT2D eigenvalue weighted by molar-refractivity contribution is 0.282. The summed E-state index contributed by atoms with van der Waals surface area (Å²) in [4.78, 5) is 0. The van der Waals surface area contributed by atoms with E-state index in [1.54, 1.807) is 6.07 Å². The Bertz CT molecular complexity index is 286. The van der Waals surface area contributed by atoms with Gasteiger partial charge in [-0.1, -0.05) is 11.6 Å². The number of rotatable bonds is 3. The zero-order valence-corrected chi connectivity index (χ0v) is 8.60. The molecular weight excluding hydrogens is 186 g/mol. The van der Waals surface area contributed by atoms with Crippen molar-refractivity contribution < 1.29 is 5.11 Å². The van der Waals surface area contributed by atoms with Crippen LogP contribution in [-0.4, -0.2) is 11.1 Å². The van der Waals surface area contributed by atoms with E-state index in [1.807, 2.05) is 12.1 Å². The summed E-state index contributed by atoms with van der Waals surface area (Å²) in [5, 5.41) is 12.8. The lowest BCUT2D eigenvalue weighted by Gasteiger charge is -2.11. The number of halogens is 1. The molecule has 2 N–H and O–H groups in total. The topological polar surface area (TPSA) is 32.3 Å². The summed E-state index contributed by atoms with van der Waals surface area (Å²) < 4.78 is 0. The molecule has 0 aliphatic carbocycles. The minimum Gasteiger partial charge on any atom is -0.392 e. The second kappa shape index (κ2) is 4.49. The fourth-order valence-corrected chi connectivity index (χ4v) is 1.30. The Hall–Kier alpha value is -0.730. The average Bonchev–Trinajstić information content (AvgIpc) is 2.07. The fourth-order valence-electron chi connectivity index (χ4n) is 1.12. The standard InChI is InChI=1S/C10H14ClNO/c1-7(2)12-9-3-4-10(11)8(5-9)6-13/h3-5,7,12-13H,6H2,1-2H3. The van der Waals surface area contributed by atoms with Crippen molar-refractivity contribution in [3.05, 3.63) is 28.8 Å². The molecule has 1 aromatic rings. The molecule has 0 atom stereocenters. The predicted octanol–water partition coefficient (Wildman–Crippen LogP) is 2.65. The number of nitrogens with one attached hydrogen (secondary N) is 1. The number of hydrogen-bond donors (Lipinski definition) is 2. The van der Waals surface area contributed by atoms with Gasteiger partial charge in [-0.2, -0.15) is 0 Å². The fraction of sp³-hybridized carbons (Fsp3) is 0.400. The molecule has 0 heterocycles. The number of benzene rings is 1. The molecule has 0 aromatic heterocycles. The summed E-state index contributed by atoms with van der Waals surface area (Å²) in [6, 6.07) is 5.94. The molecule has 0 aliphatic rings. The third-order valence-corrected chi connectivity index (χ3v) is 2.04. The van der Waals surface area contributed by atoms with E-state index in [9.17, 15) is 0 Å². The highest BCUT2D eigenvalue weighted by Crippen LogP contribution is 2.20. The Balaban J connectivity index is 2.86. The van der Waals surface area contributed by atoms with Crippen molar-refractivity contribution in [2.24, 2.45) is 0 Å². The largest absolute Gasteiger partial charge is 0.392 e. The molecule has 72 valence electrons. The Kier molecular flexibility index (Phi) is 3.58. The van der Waals surface area contributed by atoms with Crippen molar-refractivity contribution in [2.45, 2.75) is 26.5 Å². The predicted molar refractivity (Wildman–Crippen MR) is 56.1 cm³/mol. The Morgan fingerprint density at radius 3 is 2.69 bits per heavy atom. The summed E-state index contributed by atoms with van der Waals surface area (Å²) in [7, 11) is 0. The van der Waals surface area contributed by atoms with E-state index in [0.29, 0.717) is 11.1 Å². The van der Waals surface area contributed by atoms with Crippen LogP contribution < -0.4 is 5.32 Å². The van der Waals surface area contributed by atoms with Gasteiger partial charge in [0.25, 0.3) is 0 Å². The normalized spacial score (nSPS) is 10.5. The van der Waals surface area contributed by atoms with Gasteiger partial charge in [0, 0.05) is 16.8 Å². The third-order valence-electron chi connectivity index (χ3n) is 1.67. The average molecular weight is 200 g/mol. The monoisotopic (exact) mass is 199 g/mol. The summed E-state index contributed by atoms with van der Waals surface area (Å²) in [6.45, 7) is 4.10. The molecule has 0 saturated heterocycles. The molecule has 0 spiro atoms. The van der Waals surface area contributed by atoms with Gasteiger partial charge in [-0.25, -0.2) is 0 Å². The van der Waals surface area contributed by atoms with Gasteiger partial charge < -0.3 is 10.4 Å². The van der Waals surface area contributed by atoms with E-state index in [0.717, 1.165) is 11.3 Å². The summed E-state index contributed by atoms with van der Waals surface area (Å²) in [5.74, 6) is 0. The van der Waals surface area contributed by atoms with E-state index >= 15 is 0 Å². The number of hydrogen-bond acceptors (Lipinski definition) is 2. The number of aliphatic hydroxyl groups is 1. The van der Waals surface area contributed by atoms with Crippen LogP contribution in [0.2, 0.25) is 5.02 Å². The first kappa shape index (κ1) is 10.4. The van der Waals surface area contributed by atoms with Gasteiger partial charge in [0.2, 0.25) is 0 Å². The van der Waals surface area contributed by atoms with E-state index < -0.39 is 0 Å². The van der Waals surface area contributed by atoms with Gasteiger partial charge in [-0.05, 0) is 37.6 Å². The summed E-state index contributed by atoms with van der Waals surface area (Å²) >= 11 is 5.85. The van der Waals surface area contributed by atoms with Crippen LogP contribution >= 0.6 is 11.6 Å². The minimum absolute atomic E-state index is 0.0214. The first-order valence-electron chi connectivity index (χ1n) is 4.29. The Morgan fingerprint density at radius 2 is 2.15 bits per heavy atom. The number of aliphatic hydroxyl groups excluding tert-OH is 1. The molecule has 0 bridgehead atoms. The molecule has 13 heavy (non-hydrogen) atoms. The molecule has 0 unspecified atom stereocenters. The summed E-state index contributed by atoms with van der Waals surface area (Å²) in [5.41, 5.74) is 1.75. The highest BCUT2D eigenvalue weighted by Gasteiger charge is 2.01. The lowest BCUT2D eigenvalue weighted by atomic mass is 10.2. The Labute approximate surface area is 83.5 Å². The Morgan fingerprint density at radius 1 is 1.46 bits per heavy atom. The summed E-state index contributed by atoms with van der Waals surface area (Å²) in [6.07, 6.45) is 0. The maximum absolute atomic E-state index is 8.96. The van der Waals surface area contributed by atoms with Crippen molar-refractivity contribution >= 4 is 17.3 Å². The smallest absolute Gasteiger partial charge is 0.0697 e. The zero-order chi connectivity index (χ0) is 9.84. The van der Waals surface area contributed by atoms with Gasteiger partial charge in [0.1, 0.15) is 0 Å². The van der Waals surface area contributed by atoms with Crippen LogP contribution in [0.4, 0.5) is 5.69 Å². The van der Waals surface area contributed by atoms with Crippen molar-refractivity contribution in [1.29, 1.82) is 0 Å². The molecule has 1 rings (SSSR count). The van der Waals surface area contributed by atoms with Crippen LogP contribution in [0.15, 0.2) is 18.2 Å². The third kappa shape index (κ3) is 2.90. The maximum atomic E-state index is 8.96. The van der Waals surface area contributed by atoms with E-state index in [2.05, 4.69) is 19.2 Å². The maximum Gasteiger partial charge on any atom is 0.0697 e. The van der Waals surface area contributed by atoms with Crippen LogP contribution in [-0.2, 0) is 6.61 Å². The van der Waals surface area contributed by atoms with Crippen molar-refractivity contribution in [1.82, 2.24) is 0 Å². The van der Waals surface area contributed by atoms with Gasteiger partial charge in [-0.15, -0.1) is 0 Å². The minimum atomic E-state index is -0.0214. The number of anilines is 1. The van der Waals surface area contributed by atoms with Crippen LogP contribution in [0.3, 0.4) is 0 Å². The zero-order valence-electron chi connectivity index (χ0n) is 7.84. The molecule has 0 saturated carbocycles. The molecule has 3 heteroatoms. The van der Waals surface area contributed by atoms with E-state index in [4.69, 9.17) is 16.7 Å². The van der Waals surface area contributed by atoms with Crippen LogP contribution in [0.1, 0.15) is 19.4 Å². The first-order valence-corrected chi connectivity index (χ1v) is 4.67. The molecule has 0 aliphatic heterocycles. The molecule has 2 nitrogen and oxygen atoms in total. The van der Waals surface area contributed by atoms with Crippen molar-refractivity contribution in [3.63, 3.8) is 0 Å². The lowest BCUT2D eigenvalue weighted by Crippen LogP contribution is -2.09. The molecule has 1 aromatic carbocycles. The first-order chi connectivity index (χ1) is 6.13. The molecule has 0 amide bonds. The second-order valence-corrected chi connectivity index (χ2v) is 3.67. The molecular formula is C10H14ClNO. The van der Waals surface area contributed by atoms with Gasteiger partial charge in [0.05, 0.1) is 6.61 Å². The highest BCUT2D eigenvalue weighted by molar-refractivity contribution is 6.31. The van der Waals surface area contributed by atoms with Crippen molar-refractivity contribution in [3.8, 4) is 0 Å². The van der Waals surface area contributed by atoms with E-state index in [-0.39, 0.29) is 6.61 Å². The molecule has 0 radical (unpaired) electrons. The van der Waals surface area contributed by atoms with E-state index in [1.165, 1.54) is 0 Å². The molecule has 0 fully saturated rings. The second-order valence-electron chi connectivity index (χ2n) is 3.26. The van der Waals surface area contributed by atoms with Gasteiger partial charge >= 0.3 is 0 Å². The van der Waals surface area contributed by atoms with Gasteiger partial charge in [0.15, 0.2) is 0 Å². The van der Waals surface area contributed by atoms with Gasteiger partial charge in [-0.3, -0.25) is 0 Å². The SMILES string of the molecule is CC(C)Nc1ccc(Cl)c(CO)c1. The van der Waals surface area contributed by atoms with Crippen LogP contribution in [0.5, 0.6) is 0 Å².